The van der Waals surface area contributed by atoms with Gasteiger partial charge in [0.1, 0.15) is 11.8 Å². The van der Waals surface area contributed by atoms with E-state index in [2.05, 4.69) is 0 Å². The molecule has 0 aliphatic rings. The van der Waals surface area contributed by atoms with Crippen molar-refractivity contribution < 1.29 is 23.8 Å². The molecule has 0 radical (unpaired) electrons. The van der Waals surface area contributed by atoms with Crippen LogP contribution in [0.15, 0.2) is 35.3 Å². The maximum Gasteiger partial charge on any atom is 0.347 e. The molecular formula is C19H23NO6. The molecule has 1 aromatic heterocycles. The Bertz CT molecular complexity index is 857. The quantitative estimate of drug-likeness (QED) is 0.705. The van der Waals surface area contributed by atoms with Crippen LogP contribution in [0.5, 0.6) is 5.75 Å². The molecule has 0 amide bonds. The summed E-state index contributed by atoms with van der Waals surface area (Å²) in [5.74, 6) is -0.554. The number of hydrogen-bond acceptors (Lipinski definition) is 6. The summed E-state index contributed by atoms with van der Waals surface area (Å²) in [5, 5.41) is 0.943. The fourth-order valence-corrected chi connectivity index (χ4v) is 2.55. The molecule has 0 aliphatic carbocycles. The summed E-state index contributed by atoms with van der Waals surface area (Å²) in [7, 11) is 0. The van der Waals surface area contributed by atoms with Crippen LogP contribution >= 0.6 is 0 Å². The summed E-state index contributed by atoms with van der Waals surface area (Å²) in [5.41, 5.74) is -0.336. The molecule has 7 heteroatoms. The predicted octanol–water partition coefficient (Wildman–Crippen LogP) is 2.46. The molecule has 0 bridgehead atoms. The van der Waals surface area contributed by atoms with Crippen LogP contribution in [0.3, 0.4) is 0 Å². The minimum Gasteiger partial charge on any atom is -0.478 e. The molecule has 0 N–H and O–H groups in total. The van der Waals surface area contributed by atoms with Gasteiger partial charge in [-0.1, -0.05) is 6.07 Å². The normalized spacial score (nSPS) is 13.1. The van der Waals surface area contributed by atoms with Crippen molar-refractivity contribution in [3.8, 4) is 5.75 Å². The van der Waals surface area contributed by atoms with Crippen molar-refractivity contribution in [2.45, 2.75) is 39.8 Å². The predicted molar refractivity (Wildman–Crippen MR) is 96.3 cm³/mol. The number of aromatic nitrogens is 1. The Morgan fingerprint density at radius 1 is 1.00 bits per heavy atom. The van der Waals surface area contributed by atoms with Gasteiger partial charge in [0.25, 0.3) is 5.56 Å². The van der Waals surface area contributed by atoms with Crippen molar-refractivity contribution >= 4 is 22.7 Å². The fourth-order valence-electron chi connectivity index (χ4n) is 2.55. The molecule has 7 nitrogen and oxygen atoms in total. The third-order valence-corrected chi connectivity index (χ3v) is 3.90. The van der Waals surface area contributed by atoms with E-state index in [1.807, 2.05) is 0 Å². The summed E-state index contributed by atoms with van der Waals surface area (Å²) in [4.78, 5) is 36.4. The van der Waals surface area contributed by atoms with Gasteiger partial charge in [-0.2, -0.15) is 0 Å². The molecule has 0 spiro atoms. The maximum atomic E-state index is 12.8. The third-order valence-electron chi connectivity index (χ3n) is 3.90. The highest BCUT2D eigenvalue weighted by Crippen LogP contribution is 2.25. The number of nitrogens with zero attached hydrogens (tertiary/aromatic N) is 1. The number of carbonyl (C=O) groups is 2. The first-order chi connectivity index (χ1) is 12.4. The SMILES string of the molecule is CCOC(=O)C(C)Oc1cccc2c(=O)n(C(C)C(=O)OCC)ccc12. The largest absolute Gasteiger partial charge is 0.478 e. The second-order valence-corrected chi connectivity index (χ2v) is 5.69. The lowest BCUT2D eigenvalue weighted by Gasteiger charge is -2.17. The fraction of sp³-hybridized carbons (Fsp3) is 0.421. The molecule has 1 heterocycles. The lowest BCUT2D eigenvalue weighted by molar-refractivity contribution is -0.150. The van der Waals surface area contributed by atoms with Gasteiger partial charge in [-0.05, 0) is 45.9 Å². The van der Waals surface area contributed by atoms with Gasteiger partial charge < -0.3 is 18.8 Å². The summed E-state index contributed by atoms with van der Waals surface area (Å²) in [6.07, 6.45) is 0.718. The van der Waals surface area contributed by atoms with Crippen LogP contribution in [0.2, 0.25) is 0 Å². The molecule has 2 unspecified atom stereocenters. The zero-order chi connectivity index (χ0) is 19.3. The lowest BCUT2D eigenvalue weighted by Crippen LogP contribution is -2.29. The third kappa shape index (κ3) is 4.04. The van der Waals surface area contributed by atoms with Crippen LogP contribution in [0.25, 0.3) is 10.8 Å². The second-order valence-electron chi connectivity index (χ2n) is 5.69. The van der Waals surface area contributed by atoms with Gasteiger partial charge in [0, 0.05) is 11.6 Å². The number of benzene rings is 1. The Hall–Kier alpha value is -2.83. The first kappa shape index (κ1) is 19.5. The highest BCUT2D eigenvalue weighted by Gasteiger charge is 2.20. The van der Waals surface area contributed by atoms with E-state index in [0.29, 0.717) is 16.5 Å². The van der Waals surface area contributed by atoms with Crippen LogP contribution < -0.4 is 10.3 Å². The maximum absolute atomic E-state index is 12.8. The van der Waals surface area contributed by atoms with Crippen LogP contribution in [-0.2, 0) is 19.1 Å². The summed E-state index contributed by atoms with van der Waals surface area (Å²) in [6.45, 7) is 7.13. The number of rotatable bonds is 7. The zero-order valence-electron chi connectivity index (χ0n) is 15.4. The Morgan fingerprint density at radius 3 is 2.31 bits per heavy atom. The van der Waals surface area contributed by atoms with Gasteiger partial charge in [-0.25, -0.2) is 9.59 Å². The molecule has 1 aromatic carbocycles. The minimum atomic E-state index is -0.804. The molecular weight excluding hydrogens is 338 g/mol. The molecule has 26 heavy (non-hydrogen) atoms. The standard InChI is InChI=1S/C19H23NO6/c1-5-24-18(22)12(3)20-11-10-14-15(17(20)21)8-7-9-16(14)26-13(4)19(23)25-6-2/h7-13H,5-6H2,1-4H3. The Kier molecular flexibility index (Phi) is 6.38. The molecule has 0 saturated carbocycles. The monoisotopic (exact) mass is 361 g/mol. The van der Waals surface area contributed by atoms with Crippen LogP contribution in [0, 0.1) is 0 Å². The number of esters is 2. The first-order valence-electron chi connectivity index (χ1n) is 8.54. The molecule has 140 valence electrons. The van der Waals surface area contributed by atoms with Crippen molar-refractivity contribution in [2.24, 2.45) is 0 Å². The van der Waals surface area contributed by atoms with E-state index in [4.69, 9.17) is 14.2 Å². The Labute approximate surface area is 151 Å². The number of carbonyl (C=O) groups excluding carboxylic acids is 2. The van der Waals surface area contributed by atoms with E-state index < -0.39 is 24.1 Å². The summed E-state index contributed by atoms with van der Waals surface area (Å²) < 4.78 is 16.9. The van der Waals surface area contributed by atoms with Crippen LogP contribution in [-0.4, -0.2) is 35.8 Å². The Morgan fingerprint density at radius 2 is 1.65 bits per heavy atom. The molecule has 2 rings (SSSR count). The molecule has 2 aromatic rings. The highest BCUT2D eigenvalue weighted by atomic mass is 16.6. The molecule has 2 atom stereocenters. The summed E-state index contributed by atoms with van der Waals surface area (Å²) >= 11 is 0. The lowest BCUT2D eigenvalue weighted by atomic mass is 10.1. The van der Waals surface area contributed by atoms with E-state index in [9.17, 15) is 14.4 Å². The van der Waals surface area contributed by atoms with Gasteiger partial charge in [0.15, 0.2) is 6.10 Å². The number of hydrogen-bond donors (Lipinski definition) is 0. The van der Waals surface area contributed by atoms with Crippen molar-refractivity contribution in [1.29, 1.82) is 0 Å². The van der Waals surface area contributed by atoms with Gasteiger partial charge in [0.05, 0.1) is 18.6 Å². The first-order valence-corrected chi connectivity index (χ1v) is 8.54. The smallest absolute Gasteiger partial charge is 0.347 e. The van der Waals surface area contributed by atoms with Gasteiger partial charge >= 0.3 is 11.9 Å². The average Bonchev–Trinajstić information content (AvgIpc) is 2.62. The van der Waals surface area contributed by atoms with Crippen LogP contribution in [0.4, 0.5) is 0 Å². The second kappa shape index (κ2) is 8.51. The topological polar surface area (TPSA) is 83.8 Å². The molecule has 0 aliphatic heterocycles. The highest BCUT2D eigenvalue weighted by molar-refractivity contribution is 5.88. The molecule has 0 fully saturated rings. The van der Waals surface area contributed by atoms with E-state index in [1.165, 1.54) is 10.8 Å². The van der Waals surface area contributed by atoms with Gasteiger partial charge in [0.2, 0.25) is 0 Å². The van der Waals surface area contributed by atoms with Crippen molar-refractivity contribution in [2.75, 3.05) is 13.2 Å². The van der Waals surface area contributed by atoms with Gasteiger partial charge in [-0.15, -0.1) is 0 Å². The van der Waals surface area contributed by atoms with Crippen LogP contribution in [0.1, 0.15) is 33.7 Å². The van der Waals surface area contributed by atoms with Gasteiger partial charge in [-0.3, -0.25) is 4.79 Å². The van der Waals surface area contributed by atoms with E-state index in [1.54, 1.807) is 52.0 Å². The van der Waals surface area contributed by atoms with E-state index >= 15 is 0 Å². The number of pyridine rings is 1. The van der Waals surface area contributed by atoms with E-state index in [-0.39, 0.29) is 18.8 Å². The van der Waals surface area contributed by atoms with Crippen molar-refractivity contribution in [3.05, 3.63) is 40.8 Å². The average molecular weight is 361 g/mol. The molecule has 0 saturated heterocycles. The van der Waals surface area contributed by atoms with Crippen molar-refractivity contribution in [1.82, 2.24) is 4.57 Å². The minimum absolute atomic E-state index is 0.245. The number of ether oxygens (including phenoxy) is 3. The Balaban J connectivity index is 2.40. The van der Waals surface area contributed by atoms with Crippen molar-refractivity contribution in [3.63, 3.8) is 0 Å². The zero-order valence-corrected chi connectivity index (χ0v) is 15.4. The number of fused-ring (bicyclic) bond motifs is 1. The summed E-state index contributed by atoms with van der Waals surface area (Å²) in [6, 6.07) is 5.93. The van der Waals surface area contributed by atoms with E-state index in [0.717, 1.165) is 0 Å².